The molecule has 2 N–H and O–H groups in total. The first-order valence-corrected chi connectivity index (χ1v) is 7.68. The predicted molar refractivity (Wildman–Crippen MR) is 90.4 cm³/mol. The lowest BCUT2D eigenvalue weighted by Gasteiger charge is -2.13. The number of benzene rings is 2. The van der Waals surface area contributed by atoms with Crippen LogP contribution in [0.15, 0.2) is 54.7 Å². The molecule has 0 aliphatic rings. The summed E-state index contributed by atoms with van der Waals surface area (Å²) in [5, 5.41) is 13.8. The molecule has 1 atom stereocenters. The van der Waals surface area contributed by atoms with Gasteiger partial charge in [-0.3, -0.25) is 9.78 Å². The summed E-state index contributed by atoms with van der Waals surface area (Å²) in [5.74, 6) is -1.01. The van der Waals surface area contributed by atoms with E-state index in [0.29, 0.717) is 21.5 Å². The van der Waals surface area contributed by atoms with Gasteiger partial charge in [-0.15, -0.1) is 0 Å². The molecule has 24 heavy (non-hydrogen) atoms. The van der Waals surface area contributed by atoms with E-state index in [-0.39, 0.29) is 12.1 Å². The van der Waals surface area contributed by atoms with Crippen molar-refractivity contribution >= 4 is 28.4 Å². The number of rotatable bonds is 4. The fraction of sp³-hybridized carbons (Fsp3) is 0.111. The summed E-state index contributed by atoms with van der Waals surface area (Å²) >= 11 is 5.80. The Kier molecular flexibility index (Phi) is 4.74. The monoisotopic (exact) mass is 344 g/mol. The number of aliphatic hydroxyl groups is 1. The summed E-state index contributed by atoms with van der Waals surface area (Å²) < 4.78 is 13.7. The molecule has 3 aromatic rings. The SMILES string of the molecule is O=C(NCC(O)c1ccc(Cl)cc1)c1cc(F)cc2cccnc12. The number of fused-ring (bicyclic) bond motifs is 1. The number of aromatic nitrogens is 1. The van der Waals surface area contributed by atoms with Gasteiger partial charge in [0.05, 0.1) is 17.2 Å². The van der Waals surface area contributed by atoms with Crippen molar-refractivity contribution in [1.82, 2.24) is 10.3 Å². The molecular weight excluding hydrogens is 331 g/mol. The molecule has 3 rings (SSSR count). The minimum absolute atomic E-state index is 0.00863. The molecule has 0 saturated carbocycles. The zero-order valence-corrected chi connectivity index (χ0v) is 13.3. The predicted octanol–water partition coefficient (Wildman–Crippen LogP) is 3.49. The third-order valence-electron chi connectivity index (χ3n) is 3.63. The highest BCUT2D eigenvalue weighted by Gasteiger charge is 2.15. The number of carbonyl (C=O) groups excluding carboxylic acids is 1. The Hall–Kier alpha value is -2.50. The van der Waals surface area contributed by atoms with Crippen LogP contribution in [0.5, 0.6) is 0 Å². The highest BCUT2D eigenvalue weighted by Crippen LogP contribution is 2.19. The molecule has 1 aromatic heterocycles. The minimum Gasteiger partial charge on any atom is -0.387 e. The Morgan fingerprint density at radius 3 is 2.75 bits per heavy atom. The van der Waals surface area contributed by atoms with Gasteiger partial charge in [0.15, 0.2) is 0 Å². The van der Waals surface area contributed by atoms with Crippen LogP contribution in [0.25, 0.3) is 10.9 Å². The quantitative estimate of drug-likeness (QED) is 0.761. The fourth-order valence-corrected chi connectivity index (χ4v) is 2.54. The van der Waals surface area contributed by atoms with Gasteiger partial charge in [0.1, 0.15) is 5.82 Å². The number of nitrogens with one attached hydrogen (secondary N) is 1. The number of hydrogen-bond donors (Lipinski definition) is 2. The van der Waals surface area contributed by atoms with Crippen molar-refractivity contribution in [3.63, 3.8) is 0 Å². The zero-order valence-electron chi connectivity index (χ0n) is 12.5. The number of carbonyl (C=O) groups is 1. The van der Waals surface area contributed by atoms with Crippen LogP contribution in [0.2, 0.25) is 5.02 Å². The van der Waals surface area contributed by atoms with E-state index in [4.69, 9.17) is 11.6 Å². The normalized spacial score (nSPS) is 12.1. The first-order chi connectivity index (χ1) is 11.5. The van der Waals surface area contributed by atoms with Crippen LogP contribution < -0.4 is 5.32 Å². The second-order valence-corrected chi connectivity index (χ2v) is 5.74. The topological polar surface area (TPSA) is 62.2 Å². The number of amides is 1. The number of aliphatic hydroxyl groups excluding tert-OH is 1. The molecule has 0 radical (unpaired) electrons. The third-order valence-corrected chi connectivity index (χ3v) is 3.88. The van der Waals surface area contributed by atoms with Crippen molar-refractivity contribution < 1.29 is 14.3 Å². The Labute approximate surface area is 142 Å². The zero-order chi connectivity index (χ0) is 17.1. The van der Waals surface area contributed by atoms with Gasteiger partial charge in [-0.2, -0.15) is 0 Å². The van der Waals surface area contributed by atoms with Gasteiger partial charge >= 0.3 is 0 Å². The molecule has 2 aromatic carbocycles. The molecule has 1 heterocycles. The van der Waals surface area contributed by atoms with Crippen LogP contribution in [0.3, 0.4) is 0 Å². The van der Waals surface area contributed by atoms with Crippen LogP contribution in [0.4, 0.5) is 4.39 Å². The first-order valence-electron chi connectivity index (χ1n) is 7.30. The molecule has 0 spiro atoms. The second-order valence-electron chi connectivity index (χ2n) is 5.31. The Balaban J connectivity index is 1.77. The van der Waals surface area contributed by atoms with Gasteiger partial charge in [-0.1, -0.05) is 29.8 Å². The summed E-state index contributed by atoms with van der Waals surface area (Å²) in [5.41, 5.74) is 1.17. The molecule has 0 aliphatic carbocycles. The average molecular weight is 345 g/mol. The maximum Gasteiger partial charge on any atom is 0.253 e. The van der Waals surface area contributed by atoms with Crippen molar-refractivity contribution in [3.05, 3.63) is 76.7 Å². The van der Waals surface area contributed by atoms with Crippen LogP contribution in [0, 0.1) is 5.82 Å². The first kappa shape index (κ1) is 16.4. The van der Waals surface area contributed by atoms with E-state index in [1.165, 1.54) is 6.07 Å². The fourth-order valence-electron chi connectivity index (χ4n) is 2.42. The van der Waals surface area contributed by atoms with Gasteiger partial charge in [-0.05, 0) is 35.9 Å². The molecule has 6 heteroatoms. The molecule has 4 nitrogen and oxygen atoms in total. The van der Waals surface area contributed by atoms with Crippen molar-refractivity contribution in [2.45, 2.75) is 6.10 Å². The molecule has 0 bridgehead atoms. The van der Waals surface area contributed by atoms with Crippen molar-refractivity contribution in [2.24, 2.45) is 0 Å². The maximum atomic E-state index is 13.7. The van der Waals surface area contributed by atoms with E-state index in [9.17, 15) is 14.3 Å². The van der Waals surface area contributed by atoms with Crippen molar-refractivity contribution in [3.8, 4) is 0 Å². The van der Waals surface area contributed by atoms with Crippen LogP contribution in [-0.4, -0.2) is 22.5 Å². The molecule has 0 fully saturated rings. The van der Waals surface area contributed by atoms with Gasteiger partial charge < -0.3 is 10.4 Å². The molecule has 1 unspecified atom stereocenters. The van der Waals surface area contributed by atoms with E-state index < -0.39 is 17.8 Å². The summed E-state index contributed by atoms with van der Waals surface area (Å²) in [6.45, 7) is -0.00863. The Bertz CT molecular complexity index is 884. The molecule has 122 valence electrons. The van der Waals surface area contributed by atoms with Gasteiger partial charge in [0.25, 0.3) is 5.91 Å². The van der Waals surface area contributed by atoms with E-state index in [1.54, 1.807) is 42.6 Å². The molecule has 0 aliphatic heterocycles. The average Bonchev–Trinajstić information content (AvgIpc) is 2.59. The van der Waals surface area contributed by atoms with Crippen LogP contribution in [-0.2, 0) is 0 Å². The number of nitrogens with zero attached hydrogens (tertiary/aromatic N) is 1. The van der Waals surface area contributed by atoms with Crippen LogP contribution in [0.1, 0.15) is 22.0 Å². The van der Waals surface area contributed by atoms with Crippen LogP contribution >= 0.6 is 11.6 Å². The van der Waals surface area contributed by atoms with Gasteiger partial charge in [-0.25, -0.2) is 4.39 Å². The Morgan fingerprint density at radius 2 is 2.00 bits per heavy atom. The lowest BCUT2D eigenvalue weighted by atomic mass is 10.1. The second kappa shape index (κ2) is 6.95. The van der Waals surface area contributed by atoms with Crippen molar-refractivity contribution in [2.75, 3.05) is 6.54 Å². The van der Waals surface area contributed by atoms with E-state index in [2.05, 4.69) is 10.3 Å². The molecule has 1 amide bonds. The smallest absolute Gasteiger partial charge is 0.253 e. The number of halogens is 2. The lowest BCUT2D eigenvalue weighted by Crippen LogP contribution is -2.28. The van der Waals surface area contributed by atoms with E-state index >= 15 is 0 Å². The Morgan fingerprint density at radius 1 is 1.25 bits per heavy atom. The maximum absolute atomic E-state index is 13.7. The number of pyridine rings is 1. The largest absolute Gasteiger partial charge is 0.387 e. The van der Waals surface area contributed by atoms with Gasteiger partial charge in [0.2, 0.25) is 0 Å². The molecule has 0 saturated heterocycles. The number of hydrogen-bond acceptors (Lipinski definition) is 3. The summed E-state index contributed by atoms with van der Waals surface area (Å²) in [4.78, 5) is 16.5. The summed E-state index contributed by atoms with van der Waals surface area (Å²) in [6.07, 6.45) is 0.651. The van der Waals surface area contributed by atoms with Crippen molar-refractivity contribution in [1.29, 1.82) is 0 Å². The minimum atomic E-state index is -0.890. The summed E-state index contributed by atoms with van der Waals surface area (Å²) in [7, 11) is 0. The highest BCUT2D eigenvalue weighted by atomic mass is 35.5. The third kappa shape index (κ3) is 3.53. The standard InChI is InChI=1S/C18H14ClFN2O2/c19-13-5-3-11(4-6-13)16(23)10-22-18(24)15-9-14(20)8-12-2-1-7-21-17(12)15/h1-9,16,23H,10H2,(H,22,24). The lowest BCUT2D eigenvalue weighted by molar-refractivity contribution is 0.0917. The van der Waals surface area contributed by atoms with E-state index in [0.717, 1.165) is 6.07 Å². The summed E-state index contributed by atoms with van der Waals surface area (Å²) in [6, 6.07) is 12.5. The van der Waals surface area contributed by atoms with E-state index in [1.807, 2.05) is 0 Å². The van der Waals surface area contributed by atoms with Gasteiger partial charge in [0, 0.05) is 23.2 Å². The highest BCUT2D eigenvalue weighted by molar-refractivity contribution is 6.30. The molecular formula is C18H14ClFN2O2.